The van der Waals surface area contributed by atoms with E-state index in [4.69, 9.17) is 4.52 Å². The first-order valence-corrected chi connectivity index (χ1v) is 8.47. The van der Waals surface area contributed by atoms with Crippen molar-refractivity contribution >= 4 is 16.5 Å². The predicted molar refractivity (Wildman–Crippen MR) is 79.6 cm³/mol. The molecule has 6 nitrogen and oxygen atoms in total. The van der Waals surface area contributed by atoms with Crippen LogP contribution < -0.4 is 4.90 Å². The maximum atomic E-state index is 5.06. The minimum atomic E-state index is 0.573. The Labute approximate surface area is 127 Å². The Balaban J connectivity index is 1.41. The van der Waals surface area contributed by atoms with Crippen molar-refractivity contribution in [1.29, 1.82) is 0 Å². The van der Waals surface area contributed by atoms with Gasteiger partial charge in [0.05, 0.1) is 0 Å². The van der Waals surface area contributed by atoms with Crippen LogP contribution in [0.15, 0.2) is 4.52 Å². The molecule has 1 saturated carbocycles. The molecule has 2 aromatic rings. The summed E-state index contributed by atoms with van der Waals surface area (Å²) in [5.41, 5.74) is 0. The van der Waals surface area contributed by atoms with Gasteiger partial charge in [-0.05, 0) is 31.6 Å². The Hall–Kier alpha value is -1.50. The van der Waals surface area contributed by atoms with Crippen LogP contribution in [0.4, 0.5) is 5.13 Å². The van der Waals surface area contributed by atoms with Gasteiger partial charge in [0.15, 0.2) is 5.82 Å². The van der Waals surface area contributed by atoms with E-state index in [1.54, 1.807) is 11.3 Å². The highest BCUT2D eigenvalue weighted by molar-refractivity contribution is 7.15. The summed E-state index contributed by atoms with van der Waals surface area (Å²) in [4.78, 5) is 6.70. The molecule has 2 fully saturated rings. The third-order valence-electron chi connectivity index (χ3n) is 4.19. The molecule has 1 unspecified atom stereocenters. The zero-order valence-corrected chi connectivity index (χ0v) is 13.0. The van der Waals surface area contributed by atoms with Crippen LogP contribution in [0.5, 0.6) is 0 Å². The van der Waals surface area contributed by atoms with Gasteiger partial charge in [0.2, 0.25) is 11.0 Å². The Morgan fingerprint density at radius 3 is 2.95 bits per heavy atom. The second kappa shape index (κ2) is 5.36. The molecule has 3 heterocycles. The lowest BCUT2D eigenvalue weighted by Crippen LogP contribution is -2.36. The van der Waals surface area contributed by atoms with Crippen molar-refractivity contribution in [3.63, 3.8) is 0 Å². The van der Waals surface area contributed by atoms with Gasteiger partial charge in [-0.1, -0.05) is 16.5 Å². The summed E-state index contributed by atoms with van der Waals surface area (Å²) in [6.45, 7) is 3.94. The molecule has 0 aromatic carbocycles. The smallest absolute Gasteiger partial charge is 0.223 e. The molecule has 112 valence electrons. The molecule has 0 bridgehead atoms. The van der Waals surface area contributed by atoms with Crippen molar-refractivity contribution in [3.05, 3.63) is 16.7 Å². The molecule has 2 aliphatic rings. The zero-order valence-electron chi connectivity index (χ0n) is 12.2. The van der Waals surface area contributed by atoms with Gasteiger partial charge in [-0.2, -0.15) is 4.98 Å². The number of aromatic nitrogens is 4. The highest BCUT2D eigenvalue weighted by Gasteiger charge is 2.29. The van der Waals surface area contributed by atoms with Gasteiger partial charge in [-0.3, -0.25) is 0 Å². The Kier molecular flexibility index (Phi) is 3.37. The van der Waals surface area contributed by atoms with Gasteiger partial charge in [-0.25, -0.2) is 0 Å². The topological polar surface area (TPSA) is 67.9 Å². The molecule has 0 amide bonds. The average Bonchev–Trinajstić information content (AvgIpc) is 3.07. The van der Waals surface area contributed by atoms with Crippen LogP contribution in [0, 0.1) is 12.8 Å². The van der Waals surface area contributed by atoms with Crippen LogP contribution >= 0.6 is 11.3 Å². The van der Waals surface area contributed by atoms with Crippen LogP contribution in [0.3, 0.4) is 0 Å². The quantitative estimate of drug-likeness (QED) is 0.865. The number of hydrogen-bond acceptors (Lipinski definition) is 7. The Morgan fingerprint density at radius 1 is 1.29 bits per heavy atom. The molecule has 1 atom stereocenters. The molecule has 2 aromatic heterocycles. The van der Waals surface area contributed by atoms with Crippen LogP contribution in [0.2, 0.25) is 0 Å². The summed E-state index contributed by atoms with van der Waals surface area (Å²) in [5, 5.41) is 15.1. The van der Waals surface area contributed by atoms with Crippen molar-refractivity contribution < 1.29 is 4.52 Å². The third kappa shape index (κ3) is 2.92. The van der Waals surface area contributed by atoms with Crippen LogP contribution in [-0.2, 0) is 6.42 Å². The van der Waals surface area contributed by atoms with Gasteiger partial charge in [0, 0.05) is 32.4 Å². The normalized spacial score (nSPS) is 22.7. The van der Waals surface area contributed by atoms with E-state index in [0.717, 1.165) is 30.5 Å². The molecule has 1 saturated heterocycles. The largest absolute Gasteiger partial charge is 0.346 e. The van der Waals surface area contributed by atoms with Gasteiger partial charge in [-0.15, -0.1) is 10.2 Å². The first-order valence-electron chi connectivity index (χ1n) is 7.65. The number of piperidine rings is 1. The monoisotopic (exact) mass is 305 g/mol. The molecular formula is C14H19N5OS. The molecule has 7 heteroatoms. The summed E-state index contributed by atoms with van der Waals surface area (Å²) < 4.78 is 5.06. The van der Waals surface area contributed by atoms with Crippen molar-refractivity contribution in [1.82, 2.24) is 20.3 Å². The van der Waals surface area contributed by atoms with E-state index in [-0.39, 0.29) is 0 Å². The fourth-order valence-corrected chi connectivity index (χ4v) is 3.98. The highest BCUT2D eigenvalue weighted by atomic mass is 32.1. The highest BCUT2D eigenvalue weighted by Crippen LogP contribution is 2.43. The van der Waals surface area contributed by atoms with Crippen LogP contribution in [-0.4, -0.2) is 33.4 Å². The first-order chi connectivity index (χ1) is 10.3. The molecule has 0 spiro atoms. The van der Waals surface area contributed by atoms with Gasteiger partial charge in [0.1, 0.15) is 5.01 Å². The van der Waals surface area contributed by atoms with Gasteiger partial charge in [0.25, 0.3) is 0 Å². The lowest BCUT2D eigenvalue weighted by molar-refractivity contribution is 0.369. The summed E-state index contributed by atoms with van der Waals surface area (Å²) in [5.74, 6) is 2.74. The van der Waals surface area contributed by atoms with E-state index in [2.05, 4.69) is 25.2 Å². The predicted octanol–water partition coefficient (Wildman–Crippen LogP) is 2.57. The second-order valence-electron chi connectivity index (χ2n) is 6.09. The molecule has 0 radical (unpaired) electrons. The van der Waals surface area contributed by atoms with Crippen molar-refractivity contribution in [3.8, 4) is 0 Å². The van der Waals surface area contributed by atoms with Crippen molar-refractivity contribution in [2.75, 3.05) is 18.0 Å². The van der Waals surface area contributed by atoms with E-state index >= 15 is 0 Å². The lowest BCUT2D eigenvalue weighted by Gasteiger charge is -2.31. The van der Waals surface area contributed by atoms with E-state index in [0.29, 0.717) is 17.7 Å². The third-order valence-corrected chi connectivity index (χ3v) is 5.33. The lowest BCUT2D eigenvalue weighted by atomic mass is 9.95. The summed E-state index contributed by atoms with van der Waals surface area (Å²) >= 11 is 1.78. The summed E-state index contributed by atoms with van der Waals surface area (Å²) in [6, 6.07) is 0. The second-order valence-corrected chi connectivity index (χ2v) is 7.07. The number of rotatable bonds is 4. The zero-order chi connectivity index (χ0) is 14.2. The first kappa shape index (κ1) is 13.2. The fraction of sp³-hybridized carbons (Fsp3) is 0.714. The molecule has 0 N–H and O–H groups in total. The van der Waals surface area contributed by atoms with Crippen molar-refractivity contribution in [2.45, 2.75) is 44.9 Å². The number of aryl methyl sites for hydroxylation is 1. The number of anilines is 1. The van der Waals surface area contributed by atoms with E-state index in [1.165, 1.54) is 30.7 Å². The fourth-order valence-electron chi connectivity index (χ4n) is 2.94. The van der Waals surface area contributed by atoms with E-state index in [9.17, 15) is 0 Å². The molecule has 4 rings (SSSR count). The van der Waals surface area contributed by atoms with Crippen LogP contribution in [0.1, 0.15) is 48.3 Å². The molecule has 21 heavy (non-hydrogen) atoms. The standard InChI is InChI=1S/C14H19N5OS/c1-9-15-12(18-20-9)7-10-3-2-6-19(8-10)14-17-16-13(21-14)11-4-5-11/h10-11H,2-8H2,1H3. The number of nitrogens with zero attached hydrogens (tertiary/aromatic N) is 5. The van der Waals surface area contributed by atoms with Crippen LogP contribution in [0.25, 0.3) is 0 Å². The SMILES string of the molecule is Cc1nc(CC2CCCN(c3nnc(C4CC4)s3)C2)no1. The van der Waals surface area contributed by atoms with Gasteiger partial charge < -0.3 is 9.42 Å². The molecule has 1 aliphatic carbocycles. The summed E-state index contributed by atoms with van der Waals surface area (Å²) in [7, 11) is 0. The van der Waals surface area contributed by atoms with Gasteiger partial charge >= 0.3 is 0 Å². The summed E-state index contributed by atoms with van der Waals surface area (Å²) in [6.07, 6.45) is 5.88. The maximum absolute atomic E-state index is 5.06. The Morgan fingerprint density at radius 2 is 2.19 bits per heavy atom. The number of hydrogen-bond donors (Lipinski definition) is 0. The minimum Gasteiger partial charge on any atom is -0.346 e. The minimum absolute atomic E-state index is 0.573. The van der Waals surface area contributed by atoms with E-state index in [1.807, 2.05) is 6.92 Å². The molecule has 1 aliphatic heterocycles. The Bertz CT molecular complexity index is 620. The molecular weight excluding hydrogens is 286 g/mol. The maximum Gasteiger partial charge on any atom is 0.223 e. The average molecular weight is 305 g/mol. The van der Waals surface area contributed by atoms with E-state index < -0.39 is 0 Å². The van der Waals surface area contributed by atoms with Crippen molar-refractivity contribution in [2.24, 2.45) is 5.92 Å².